The highest BCUT2D eigenvalue weighted by Gasteiger charge is 2.41. The SMILES string of the molecule is C=C(C)C1(C2CCCCC2)CCCC1. The van der Waals surface area contributed by atoms with E-state index in [4.69, 9.17) is 0 Å². The Morgan fingerprint density at radius 3 is 2.07 bits per heavy atom. The fourth-order valence-electron chi connectivity index (χ4n) is 3.84. The summed E-state index contributed by atoms with van der Waals surface area (Å²) in [6.45, 7) is 6.56. The van der Waals surface area contributed by atoms with Crippen LogP contribution in [0.4, 0.5) is 0 Å². The van der Waals surface area contributed by atoms with E-state index in [0.717, 1.165) is 5.92 Å². The van der Waals surface area contributed by atoms with Gasteiger partial charge < -0.3 is 0 Å². The zero-order valence-electron chi connectivity index (χ0n) is 9.65. The van der Waals surface area contributed by atoms with Crippen LogP contribution < -0.4 is 0 Å². The largest absolute Gasteiger partial charge is 0.0996 e. The predicted molar refractivity (Wildman–Crippen MR) is 62.3 cm³/mol. The number of hydrogen-bond donors (Lipinski definition) is 0. The lowest BCUT2D eigenvalue weighted by molar-refractivity contribution is 0.163. The van der Waals surface area contributed by atoms with Crippen LogP contribution in [0.25, 0.3) is 0 Å². The summed E-state index contributed by atoms with van der Waals surface area (Å²) in [5.74, 6) is 0.983. The van der Waals surface area contributed by atoms with E-state index in [2.05, 4.69) is 13.5 Å². The molecule has 0 aromatic heterocycles. The van der Waals surface area contributed by atoms with Crippen molar-refractivity contribution in [1.82, 2.24) is 0 Å². The molecule has 0 heterocycles. The molecule has 14 heavy (non-hydrogen) atoms. The van der Waals surface area contributed by atoms with Gasteiger partial charge in [0.25, 0.3) is 0 Å². The molecule has 0 atom stereocenters. The smallest absolute Gasteiger partial charge is 0.00653 e. The first-order chi connectivity index (χ1) is 6.76. The molecule has 0 spiro atoms. The van der Waals surface area contributed by atoms with Gasteiger partial charge in [0, 0.05) is 0 Å². The van der Waals surface area contributed by atoms with Gasteiger partial charge in [0.2, 0.25) is 0 Å². The van der Waals surface area contributed by atoms with Crippen molar-refractivity contribution in [3.63, 3.8) is 0 Å². The van der Waals surface area contributed by atoms with Crippen LogP contribution in [0.3, 0.4) is 0 Å². The molecule has 0 heteroatoms. The fourth-order valence-corrected chi connectivity index (χ4v) is 3.84. The Bertz CT molecular complexity index is 202. The number of rotatable bonds is 2. The molecule has 2 rings (SSSR count). The Balaban J connectivity index is 2.12. The summed E-state index contributed by atoms with van der Waals surface area (Å²) in [6, 6.07) is 0. The van der Waals surface area contributed by atoms with Gasteiger partial charge in [-0.3, -0.25) is 0 Å². The zero-order valence-corrected chi connectivity index (χ0v) is 9.65. The molecule has 0 nitrogen and oxygen atoms in total. The molecule has 80 valence electrons. The molecule has 0 aliphatic heterocycles. The van der Waals surface area contributed by atoms with Gasteiger partial charge in [0.1, 0.15) is 0 Å². The third-order valence-electron chi connectivity index (χ3n) is 4.73. The molecule has 2 aliphatic carbocycles. The van der Waals surface area contributed by atoms with Crippen LogP contribution in [0.1, 0.15) is 64.7 Å². The van der Waals surface area contributed by atoms with Crippen molar-refractivity contribution < 1.29 is 0 Å². The van der Waals surface area contributed by atoms with Crippen molar-refractivity contribution in [3.8, 4) is 0 Å². The summed E-state index contributed by atoms with van der Waals surface area (Å²) in [7, 11) is 0. The molecule has 0 saturated heterocycles. The third-order valence-corrected chi connectivity index (χ3v) is 4.73. The number of hydrogen-bond acceptors (Lipinski definition) is 0. The summed E-state index contributed by atoms with van der Waals surface area (Å²) in [6.07, 6.45) is 13.1. The van der Waals surface area contributed by atoms with Crippen molar-refractivity contribution in [2.75, 3.05) is 0 Å². The Kier molecular flexibility index (Phi) is 2.99. The molecule has 0 unspecified atom stereocenters. The van der Waals surface area contributed by atoms with Crippen LogP contribution in [-0.2, 0) is 0 Å². The maximum absolute atomic E-state index is 4.28. The minimum Gasteiger partial charge on any atom is -0.0996 e. The second-order valence-electron chi connectivity index (χ2n) is 5.48. The standard InChI is InChI=1S/C14H24/c1-12(2)14(10-6-7-11-14)13-8-4-3-5-9-13/h13H,1,3-11H2,2H3. The van der Waals surface area contributed by atoms with Crippen LogP contribution >= 0.6 is 0 Å². The molecular weight excluding hydrogens is 168 g/mol. The van der Waals surface area contributed by atoms with Crippen molar-refractivity contribution in [2.45, 2.75) is 64.7 Å². The van der Waals surface area contributed by atoms with Crippen LogP contribution in [0.15, 0.2) is 12.2 Å². The average Bonchev–Trinajstić information content (AvgIpc) is 2.69. The van der Waals surface area contributed by atoms with E-state index in [1.165, 1.54) is 63.4 Å². The highest BCUT2D eigenvalue weighted by molar-refractivity contribution is 5.12. The van der Waals surface area contributed by atoms with E-state index in [1.807, 2.05) is 0 Å². The lowest BCUT2D eigenvalue weighted by Gasteiger charge is -2.40. The topological polar surface area (TPSA) is 0 Å². The Morgan fingerprint density at radius 1 is 1.00 bits per heavy atom. The molecule has 0 aromatic carbocycles. The first-order valence-electron chi connectivity index (χ1n) is 6.42. The van der Waals surface area contributed by atoms with E-state index < -0.39 is 0 Å². The first-order valence-corrected chi connectivity index (χ1v) is 6.42. The van der Waals surface area contributed by atoms with E-state index in [9.17, 15) is 0 Å². The Hall–Kier alpha value is -0.260. The van der Waals surface area contributed by atoms with Crippen molar-refractivity contribution in [1.29, 1.82) is 0 Å². The van der Waals surface area contributed by atoms with Gasteiger partial charge in [0.05, 0.1) is 0 Å². The normalized spacial score (nSPS) is 27.8. The van der Waals surface area contributed by atoms with Crippen LogP contribution in [-0.4, -0.2) is 0 Å². The lowest BCUT2D eigenvalue weighted by atomic mass is 9.64. The maximum Gasteiger partial charge on any atom is -0.00653 e. The average molecular weight is 192 g/mol. The Labute approximate surface area is 88.8 Å². The van der Waals surface area contributed by atoms with Crippen molar-refractivity contribution in [3.05, 3.63) is 12.2 Å². The number of allylic oxidation sites excluding steroid dienone is 1. The van der Waals surface area contributed by atoms with Gasteiger partial charge in [-0.2, -0.15) is 0 Å². The highest BCUT2D eigenvalue weighted by atomic mass is 14.5. The summed E-state index contributed by atoms with van der Waals surface area (Å²) in [5, 5.41) is 0. The molecule has 2 aliphatic rings. The van der Waals surface area contributed by atoms with Gasteiger partial charge in [-0.05, 0) is 43.9 Å². The van der Waals surface area contributed by atoms with Crippen LogP contribution in [0.5, 0.6) is 0 Å². The van der Waals surface area contributed by atoms with Gasteiger partial charge in [0.15, 0.2) is 0 Å². The van der Waals surface area contributed by atoms with Crippen LogP contribution in [0, 0.1) is 11.3 Å². The molecule has 0 N–H and O–H groups in total. The second kappa shape index (κ2) is 4.08. The van der Waals surface area contributed by atoms with Gasteiger partial charge in [-0.15, -0.1) is 0 Å². The second-order valence-corrected chi connectivity index (χ2v) is 5.48. The quantitative estimate of drug-likeness (QED) is 0.556. The van der Waals surface area contributed by atoms with E-state index >= 15 is 0 Å². The zero-order chi connectivity index (χ0) is 10.0. The van der Waals surface area contributed by atoms with Gasteiger partial charge >= 0.3 is 0 Å². The van der Waals surface area contributed by atoms with Gasteiger partial charge in [-0.1, -0.05) is 44.3 Å². The maximum atomic E-state index is 4.28. The molecular formula is C14H24. The monoisotopic (exact) mass is 192 g/mol. The molecule has 2 saturated carbocycles. The van der Waals surface area contributed by atoms with E-state index in [0.29, 0.717) is 5.41 Å². The minimum atomic E-state index is 0.570. The fraction of sp³-hybridized carbons (Fsp3) is 0.857. The third kappa shape index (κ3) is 1.64. The lowest BCUT2D eigenvalue weighted by Crippen LogP contribution is -2.30. The first kappa shape index (κ1) is 10.3. The molecule has 0 aromatic rings. The van der Waals surface area contributed by atoms with Crippen LogP contribution in [0.2, 0.25) is 0 Å². The molecule has 0 amide bonds. The minimum absolute atomic E-state index is 0.570. The van der Waals surface area contributed by atoms with Crippen molar-refractivity contribution in [2.24, 2.45) is 11.3 Å². The predicted octanol–water partition coefficient (Wildman–Crippen LogP) is 4.70. The summed E-state index contributed by atoms with van der Waals surface area (Å²) >= 11 is 0. The summed E-state index contributed by atoms with van der Waals surface area (Å²) in [4.78, 5) is 0. The van der Waals surface area contributed by atoms with Crippen molar-refractivity contribution >= 4 is 0 Å². The molecule has 0 bridgehead atoms. The summed E-state index contributed by atoms with van der Waals surface area (Å²) in [5.41, 5.74) is 2.06. The summed E-state index contributed by atoms with van der Waals surface area (Å²) < 4.78 is 0. The van der Waals surface area contributed by atoms with E-state index in [-0.39, 0.29) is 0 Å². The Morgan fingerprint density at radius 2 is 1.57 bits per heavy atom. The molecule has 0 radical (unpaired) electrons. The van der Waals surface area contributed by atoms with Gasteiger partial charge in [-0.25, -0.2) is 0 Å². The van der Waals surface area contributed by atoms with E-state index in [1.54, 1.807) is 0 Å². The highest BCUT2D eigenvalue weighted by Crippen LogP contribution is 2.53. The molecule has 2 fully saturated rings.